The minimum atomic E-state index is 0.679. The summed E-state index contributed by atoms with van der Waals surface area (Å²) in [5, 5.41) is 6.91. The molecular weight excluding hydrogens is 372 g/mol. The highest BCUT2D eigenvalue weighted by Gasteiger charge is 2.08. The Bertz CT molecular complexity index is 994. The van der Waals surface area contributed by atoms with Crippen molar-refractivity contribution in [3.05, 3.63) is 63.1 Å². The minimum absolute atomic E-state index is 0.679. The molecule has 5 heteroatoms. The zero-order valence-electron chi connectivity index (χ0n) is 12.7. The van der Waals surface area contributed by atoms with Gasteiger partial charge in [-0.25, -0.2) is 0 Å². The first-order chi connectivity index (χ1) is 11.8. The van der Waals surface area contributed by atoms with E-state index in [4.69, 9.17) is 17.0 Å². The van der Waals surface area contributed by atoms with Crippen LogP contribution in [0.25, 0.3) is 21.5 Å². The van der Waals surface area contributed by atoms with Crippen molar-refractivity contribution in [2.24, 2.45) is 0 Å². The molecule has 0 radical (unpaired) electrons. The summed E-state index contributed by atoms with van der Waals surface area (Å²) in [5.41, 5.74) is 0. The summed E-state index contributed by atoms with van der Waals surface area (Å²) in [5.74, 6) is 1.90. The van der Waals surface area contributed by atoms with E-state index in [0.29, 0.717) is 6.61 Å². The molecule has 3 aromatic carbocycles. The fourth-order valence-electron chi connectivity index (χ4n) is 2.70. The average molecular weight is 387 g/mol. The van der Waals surface area contributed by atoms with Crippen LogP contribution in [0.2, 0.25) is 0 Å². The molecule has 120 valence electrons. The van der Waals surface area contributed by atoms with Crippen molar-refractivity contribution in [3.63, 3.8) is 0 Å². The van der Waals surface area contributed by atoms with Crippen LogP contribution in [-0.2, 0) is 0 Å². The summed E-state index contributed by atoms with van der Waals surface area (Å²) < 4.78 is 8.48. The molecule has 0 atom stereocenters. The average Bonchev–Trinajstić information content (AvgIpc) is 3.03. The van der Waals surface area contributed by atoms with Gasteiger partial charge in [0.2, 0.25) is 0 Å². The Morgan fingerprint density at radius 2 is 1.62 bits per heavy atom. The van der Waals surface area contributed by atoms with Crippen LogP contribution < -0.4 is 4.74 Å². The van der Waals surface area contributed by atoms with E-state index in [9.17, 15) is 0 Å². The largest absolute Gasteiger partial charge is 0.491 e. The van der Waals surface area contributed by atoms with Crippen molar-refractivity contribution in [1.82, 2.24) is 0 Å². The van der Waals surface area contributed by atoms with Gasteiger partial charge in [0.1, 0.15) is 8.89 Å². The van der Waals surface area contributed by atoms with Gasteiger partial charge in [0.15, 0.2) is 0 Å². The Hall–Kier alpha value is -1.40. The predicted molar refractivity (Wildman–Crippen MR) is 111 cm³/mol. The van der Waals surface area contributed by atoms with Crippen LogP contribution in [0.5, 0.6) is 5.75 Å². The molecular formula is C19H14OS4. The van der Waals surface area contributed by atoms with Crippen molar-refractivity contribution < 1.29 is 4.74 Å². The second kappa shape index (κ2) is 7.23. The van der Waals surface area contributed by atoms with Crippen LogP contribution in [0, 0.1) is 3.14 Å². The second-order valence-corrected chi connectivity index (χ2v) is 9.76. The van der Waals surface area contributed by atoms with Crippen LogP contribution in [-0.4, -0.2) is 12.4 Å². The molecule has 4 rings (SSSR count). The SMILES string of the molecule is S=c1scc(SCCOc2c3ccccc3cc3ccccc23)s1. The second-order valence-electron chi connectivity index (χ2n) is 5.25. The van der Waals surface area contributed by atoms with Gasteiger partial charge in [-0.2, -0.15) is 0 Å². The zero-order valence-corrected chi connectivity index (χ0v) is 16.0. The highest BCUT2D eigenvalue weighted by atomic mass is 32.2. The maximum Gasteiger partial charge on any atom is 0.144 e. The van der Waals surface area contributed by atoms with Gasteiger partial charge in [0, 0.05) is 21.9 Å². The van der Waals surface area contributed by atoms with Crippen LogP contribution in [0.15, 0.2) is 64.2 Å². The lowest BCUT2D eigenvalue weighted by Crippen LogP contribution is -2.01. The predicted octanol–water partition coefficient (Wildman–Crippen LogP) is 7.02. The lowest BCUT2D eigenvalue weighted by atomic mass is 10.0. The summed E-state index contributed by atoms with van der Waals surface area (Å²) >= 11 is 10.3. The monoisotopic (exact) mass is 386 g/mol. The fraction of sp³-hybridized carbons (Fsp3) is 0.105. The van der Waals surface area contributed by atoms with E-state index >= 15 is 0 Å². The third-order valence-corrected chi connectivity index (χ3v) is 7.52. The van der Waals surface area contributed by atoms with E-state index in [1.807, 2.05) is 11.8 Å². The number of benzene rings is 3. The van der Waals surface area contributed by atoms with Crippen LogP contribution in [0.3, 0.4) is 0 Å². The van der Waals surface area contributed by atoms with E-state index in [0.717, 1.165) is 14.6 Å². The quantitative estimate of drug-likeness (QED) is 0.158. The van der Waals surface area contributed by atoms with Gasteiger partial charge >= 0.3 is 0 Å². The molecule has 0 saturated carbocycles. The molecule has 1 nitrogen and oxygen atoms in total. The normalized spacial score (nSPS) is 11.2. The van der Waals surface area contributed by atoms with E-state index in [2.05, 4.69) is 60.0 Å². The standard InChI is InChI=1S/C19H14OS4/c21-19-23-12-17(24-19)22-10-9-20-18-15-7-3-1-5-13(15)11-14-6-2-4-8-16(14)18/h1-8,11-12H,9-10H2. The van der Waals surface area contributed by atoms with Crippen molar-refractivity contribution in [2.45, 2.75) is 4.21 Å². The van der Waals surface area contributed by atoms with E-state index in [1.54, 1.807) is 22.7 Å². The Balaban J connectivity index is 1.60. The Labute approximate surface area is 157 Å². The first-order valence-electron chi connectivity index (χ1n) is 7.56. The molecule has 0 spiro atoms. The van der Waals surface area contributed by atoms with Gasteiger partial charge in [0.05, 0.1) is 10.8 Å². The Kier molecular flexibility index (Phi) is 4.85. The Morgan fingerprint density at radius 3 is 2.25 bits per heavy atom. The highest BCUT2D eigenvalue weighted by molar-refractivity contribution is 8.01. The molecule has 24 heavy (non-hydrogen) atoms. The van der Waals surface area contributed by atoms with E-state index in [1.165, 1.54) is 25.8 Å². The number of ether oxygens (including phenoxy) is 1. The molecule has 1 heterocycles. The third-order valence-electron chi connectivity index (χ3n) is 3.73. The molecule has 1 aromatic heterocycles. The minimum Gasteiger partial charge on any atom is -0.491 e. The summed E-state index contributed by atoms with van der Waals surface area (Å²) in [6.07, 6.45) is 0. The summed E-state index contributed by atoms with van der Waals surface area (Å²) in [4.78, 5) is 0. The third kappa shape index (κ3) is 3.35. The molecule has 0 bridgehead atoms. The van der Waals surface area contributed by atoms with Gasteiger partial charge < -0.3 is 4.74 Å². The van der Waals surface area contributed by atoms with Crippen molar-refractivity contribution in [2.75, 3.05) is 12.4 Å². The molecule has 0 saturated heterocycles. The lowest BCUT2D eigenvalue weighted by molar-refractivity contribution is 0.352. The number of hydrogen-bond acceptors (Lipinski definition) is 5. The van der Waals surface area contributed by atoms with Crippen molar-refractivity contribution in [3.8, 4) is 5.75 Å². The molecule has 0 N–H and O–H groups in total. The molecule has 0 aliphatic carbocycles. The maximum atomic E-state index is 6.22. The van der Waals surface area contributed by atoms with Gasteiger partial charge in [-0.15, -0.1) is 34.4 Å². The van der Waals surface area contributed by atoms with E-state index < -0.39 is 0 Å². The molecule has 0 aliphatic rings. The summed E-state index contributed by atoms with van der Waals surface area (Å²) in [6, 6.07) is 19.0. The van der Waals surface area contributed by atoms with Gasteiger partial charge in [-0.3, -0.25) is 0 Å². The summed E-state index contributed by atoms with van der Waals surface area (Å²) in [6.45, 7) is 0.679. The number of thioether (sulfide) groups is 1. The lowest BCUT2D eigenvalue weighted by Gasteiger charge is -2.13. The smallest absolute Gasteiger partial charge is 0.144 e. The van der Waals surface area contributed by atoms with Crippen LogP contribution >= 0.6 is 46.7 Å². The van der Waals surface area contributed by atoms with Crippen molar-refractivity contribution in [1.29, 1.82) is 0 Å². The van der Waals surface area contributed by atoms with Gasteiger partial charge in [0.25, 0.3) is 0 Å². The first kappa shape index (κ1) is 16.1. The van der Waals surface area contributed by atoms with E-state index in [-0.39, 0.29) is 0 Å². The molecule has 0 amide bonds. The topological polar surface area (TPSA) is 9.23 Å². The van der Waals surface area contributed by atoms with Gasteiger partial charge in [-0.1, -0.05) is 60.7 Å². The molecule has 4 aromatic rings. The first-order valence-corrected chi connectivity index (χ1v) is 10.6. The summed E-state index contributed by atoms with van der Waals surface area (Å²) in [7, 11) is 0. The Morgan fingerprint density at radius 1 is 0.958 bits per heavy atom. The van der Waals surface area contributed by atoms with Gasteiger partial charge in [-0.05, 0) is 16.8 Å². The number of rotatable bonds is 5. The zero-order chi connectivity index (χ0) is 16.4. The highest BCUT2D eigenvalue weighted by Crippen LogP contribution is 2.35. The number of hydrogen-bond donors (Lipinski definition) is 0. The van der Waals surface area contributed by atoms with Crippen LogP contribution in [0.1, 0.15) is 0 Å². The number of fused-ring (bicyclic) bond motifs is 2. The molecule has 0 fully saturated rings. The molecule has 0 unspecified atom stereocenters. The fourth-order valence-corrected chi connectivity index (χ4v) is 6.25. The molecule has 0 aliphatic heterocycles. The van der Waals surface area contributed by atoms with Crippen LogP contribution in [0.4, 0.5) is 0 Å². The maximum absolute atomic E-state index is 6.22. The van der Waals surface area contributed by atoms with Crippen molar-refractivity contribution >= 4 is 68.2 Å².